The van der Waals surface area contributed by atoms with Crippen molar-refractivity contribution in [1.82, 2.24) is 15.0 Å². The van der Waals surface area contributed by atoms with Gasteiger partial charge in [0.25, 0.3) is 6.01 Å². The van der Waals surface area contributed by atoms with E-state index in [-0.39, 0.29) is 30.3 Å². The largest absolute Gasteiger partial charge is 0.456 e. The van der Waals surface area contributed by atoms with Crippen molar-refractivity contribution in [3.8, 4) is 23.3 Å². The summed E-state index contributed by atoms with van der Waals surface area (Å²) in [5.74, 6) is 0. The van der Waals surface area contributed by atoms with E-state index < -0.39 is 6.10 Å². The average molecular weight is 439 g/mol. The van der Waals surface area contributed by atoms with Crippen LogP contribution in [0.5, 0.6) is 6.01 Å². The number of benzene rings is 1. The number of ether oxygens (including phenoxy) is 3. The summed E-state index contributed by atoms with van der Waals surface area (Å²) in [6.07, 6.45) is 0.124. The first-order valence-corrected chi connectivity index (χ1v) is 10.6. The Morgan fingerprint density at radius 2 is 1.94 bits per heavy atom. The quantitative estimate of drug-likeness (QED) is 0.643. The van der Waals surface area contributed by atoms with E-state index in [0.29, 0.717) is 34.5 Å². The maximum atomic E-state index is 9.88. The molecule has 31 heavy (non-hydrogen) atoms. The van der Waals surface area contributed by atoms with E-state index in [0.717, 1.165) is 24.0 Å². The lowest BCUT2D eigenvalue weighted by atomic mass is 9.96. The summed E-state index contributed by atoms with van der Waals surface area (Å²) in [6.45, 7) is 0.559. The molecule has 8 nitrogen and oxygen atoms in total. The number of H-pyrrole nitrogens is 1. The van der Waals surface area contributed by atoms with Gasteiger partial charge >= 0.3 is 0 Å². The van der Waals surface area contributed by atoms with Gasteiger partial charge in [0.1, 0.15) is 18.3 Å². The molecule has 3 fully saturated rings. The number of imidazole rings is 1. The number of nitriles is 1. The van der Waals surface area contributed by atoms with Crippen LogP contribution in [0.15, 0.2) is 30.3 Å². The topological polar surface area (TPSA) is 113 Å². The van der Waals surface area contributed by atoms with Crippen LogP contribution in [0.2, 0.25) is 5.02 Å². The number of nitrogens with zero attached hydrogens (tertiary/aromatic N) is 3. The van der Waals surface area contributed by atoms with Gasteiger partial charge in [0.05, 0.1) is 40.9 Å². The van der Waals surface area contributed by atoms with E-state index in [1.165, 1.54) is 0 Å². The Labute approximate surface area is 182 Å². The first-order valence-electron chi connectivity index (χ1n) is 10.2. The Morgan fingerprint density at radius 3 is 2.68 bits per heavy atom. The number of aliphatic hydroxyl groups is 1. The van der Waals surface area contributed by atoms with Crippen molar-refractivity contribution in [2.45, 2.75) is 42.7 Å². The molecule has 2 aromatic heterocycles. The number of aromatic nitrogens is 3. The van der Waals surface area contributed by atoms with Gasteiger partial charge in [0.2, 0.25) is 0 Å². The molecule has 1 aromatic carbocycles. The minimum atomic E-state index is -0.633. The van der Waals surface area contributed by atoms with Gasteiger partial charge in [-0.25, -0.2) is 4.98 Å². The maximum absolute atomic E-state index is 9.88. The predicted octanol–water partition coefficient (Wildman–Crippen LogP) is 2.74. The Kier molecular flexibility index (Phi) is 4.24. The molecule has 9 heteroatoms. The van der Waals surface area contributed by atoms with Crippen molar-refractivity contribution in [2.24, 2.45) is 0 Å². The number of hydrogen-bond acceptors (Lipinski definition) is 7. The first kappa shape index (κ1) is 19.0. The molecule has 0 spiro atoms. The summed E-state index contributed by atoms with van der Waals surface area (Å²) in [4.78, 5) is 12.2. The second-order valence-electron chi connectivity index (χ2n) is 8.32. The van der Waals surface area contributed by atoms with E-state index >= 15 is 0 Å². The normalized spacial score (nSPS) is 28.4. The number of pyridine rings is 1. The lowest BCUT2D eigenvalue weighted by Crippen LogP contribution is -2.34. The van der Waals surface area contributed by atoms with Crippen LogP contribution in [0.1, 0.15) is 18.4 Å². The molecular weight excluding hydrogens is 420 g/mol. The predicted molar refractivity (Wildman–Crippen MR) is 111 cm³/mol. The fourth-order valence-corrected chi connectivity index (χ4v) is 4.64. The van der Waals surface area contributed by atoms with Gasteiger partial charge in [-0.2, -0.15) is 10.2 Å². The average Bonchev–Trinajstić information content (AvgIpc) is 3.12. The number of aliphatic hydroxyl groups excluding tert-OH is 1. The minimum absolute atomic E-state index is 0.240. The fourth-order valence-electron chi connectivity index (χ4n) is 4.38. The zero-order valence-electron chi connectivity index (χ0n) is 16.4. The van der Waals surface area contributed by atoms with Gasteiger partial charge in [-0.1, -0.05) is 35.9 Å². The van der Waals surface area contributed by atoms with Crippen LogP contribution < -0.4 is 4.74 Å². The summed E-state index contributed by atoms with van der Waals surface area (Å²) in [5.41, 5.74) is 3.32. The van der Waals surface area contributed by atoms with Crippen LogP contribution in [0.3, 0.4) is 0 Å². The van der Waals surface area contributed by atoms with Crippen LogP contribution >= 0.6 is 11.6 Å². The molecule has 0 radical (unpaired) electrons. The van der Waals surface area contributed by atoms with Gasteiger partial charge in [-0.05, 0) is 24.5 Å². The second-order valence-corrected chi connectivity index (χ2v) is 8.73. The minimum Gasteiger partial charge on any atom is -0.456 e. The van der Waals surface area contributed by atoms with Crippen molar-refractivity contribution in [3.05, 3.63) is 40.9 Å². The monoisotopic (exact) mass is 438 g/mol. The van der Waals surface area contributed by atoms with Gasteiger partial charge in [-0.15, -0.1) is 0 Å². The van der Waals surface area contributed by atoms with Crippen LogP contribution in [0.25, 0.3) is 22.4 Å². The summed E-state index contributed by atoms with van der Waals surface area (Å²) < 4.78 is 17.1. The molecule has 158 valence electrons. The standard InChI is InChI=1S/C22H19ClN4O4/c23-13-7-14-20(26-17(13)11-1-3-12(4-2-11)22(10-24)5-6-22)27-21(25-14)31-16-9-30-18-15(28)8-29-19(16)18/h1-4,7,15-16,18-19,28H,5-6,8-9H2,(H,25,26,27)/t15-,16-,18-,19-/m1/s1. The lowest BCUT2D eigenvalue weighted by molar-refractivity contribution is 0.00706. The zero-order valence-corrected chi connectivity index (χ0v) is 17.2. The third-order valence-electron chi connectivity index (χ3n) is 6.32. The molecule has 3 aliphatic rings. The molecular formula is C22H19ClN4O4. The molecule has 4 atom stereocenters. The molecule has 3 aromatic rings. The van der Waals surface area contributed by atoms with Gasteiger partial charge in [0.15, 0.2) is 11.8 Å². The molecule has 2 N–H and O–H groups in total. The molecule has 1 saturated carbocycles. The smallest absolute Gasteiger partial charge is 0.296 e. The number of rotatable bonds is 4. The van der Waals surface area contributed by atoms with Crippen LogP contribution in [-0.4, -0.2) is 57.7 Å². The van der Waals surface area contributed by atoms with Crippen molar-refractivity contribution >= 4 is 22.8 Å². The lowest BCUT2D eigenvalue weighted by Gasteiger charge is -2.15. The first-order chi connectivity index (χ1) is 15.1. The van der Waals surface area contributed by atoms with Gasteiger partial charge in [-0.3, -0.25) is 0 Å². The summed E-state index contributed by atoms with van der Waals surface area (Å²) in [6, 6.07) is 12.3. The molecule has 0 unspecified atom stereocenters. The number of nitrogens with one attached hydrogen (secondary N) is 1. The van der Waals surface area contributed by atoms with Crippen molar-refractivity contribution in [2.75, 3.05) is 13.2 Å². The second kappa shape index (κ2) is 6.90. The summed E-state index contributed by atoms with van der Waals surface area (Å²) in [5, 5.41) is 19.8. The molecule has 4 heterocycles. The highest BCUT2D eigenvalue weighted by Crippen LogP contribution is 2.47. The molecule has 6 rings (SSSR count). The molecule has 0 bridgehead atoms. The highest BCUT2D eigenvalue weighted by molar-refractivity contribution is 6.33. The SMILES string of the molecule is N#CC1(c2ccc(-c3nc4nc(O[C@@H]5CO[C@H]6[C@@H]5OC[C@H]6O)[nH]c4cc3Cl)cc2)CC1. The van der Waals surface area contributed by atoms with Crippen molar-refractivity contribution < 1.29 is 19.3 Å². The van der Waals surface area contributed by atoms with E-state index in [2.05, 4.69) is 21.0 Å². The molecule has 1 aliphatic carbocycles. The number of halogens is 1. The van der Waals surface area contributed by atoms with E-state index in [1.807, 2.05) is 24.3 Å². The number of hydrogen-bond donors (Lipinski definition) is 2. The third-order valence-corrected chi connectivity index (χ3v) is 6.61. The number of aromatic amines is 1. The van der Waals surface area contributed by atoms with E-state index in [9.17, 15) is 10.4 Å². The fraction of sp³-hybridized carbons (Fsp3) is 0.409. The van der Waals surface area contributed by atoms with Crippen LogP contribution in [0.4, 0.5) is 0 Å². The van der Waals surface area contributed by atoms with Crippen LogP contribution in [-0.2, 0) is 14.9 Å². The summed E-state index contributed by atoms with van der Waals surface area (Å²) in [7, 11) is 0. The van der Waals surface area contributed by atoms with Crippen LogP contribution in [0, 0.1) is 11.3 Å². The Bertz CT molecular complexity index is 1200. The summed E-state index contributed by atoms with van der Waals surface area (Å²) >= 11 is 6.50. The Hall–Kier alpha value is -2.70. The van der Waals surface area contributed by atoms with Gasteiger partial charge in [0, 0.05) is 5.56 Å². The molecule has 2 aliphatic heterocycles. The van der Waals surface area contributed by atoms with Crippen molar-refractivity contribution in [1.29, 1.82) is 5.26 Å². The van der Waals surface area contributed by atoms with E-state index in [4.69, 9.17) is 25.8 Å². The van der Waals surface area contributed by atoms with E-state index in [1.54, 1.807) is 6.07 Å². The zero-order chi connectivity index (χ0) is 21.2. The van der Waals surface area contributed by atoms with Gasteiger partial charge < -0.3 is 24.3 Å². The highest BCUT2D eigenvalue weighted by Gasteiger charge is 2.48. The molecule has 0 amide bonds. The molecule has 2 saturated heterocycles. The third kappa shape index (κ3) is 3.08. The highest BCUT2D eigenvalue weighted by atomic mass is 35.5. The van der Waals surface area contributed by atoms with Crippen molar-refractivity contribution in [3.63, 3.8) is 0 Å². The number of fused-ring (bicyclic) bond motifs is 2. The maximum Gasteiger partial charge on any atom is 0.296 e. The Balaban J connectivity index is 1.26. The Morgan fingerprint density at radius 1 is 1.16 bits per heavy atom.